The molecule has 3 aliphatic rings. The number of nitrogens with one attached hydrogen (secondary N) is 2. The first-order chi connectivity index (χ1) is 15.9. The van der Waals surface area contributed by atoms with E-state index in [0.717, 1.165) is 36.1 Å². The molecule has 33 heavy (non-hydrogen) atoms. The third kappa shape index (κ3) is 4.99. The number of hydrogen-bond acceptors (Lipinski definition) is 5. The molecule has 0 saturated carbocycles. The average molecular weight is 452 g/mol. The van der Waals surface area contributed by atoms with Crippen molar-refractivity contribution in [3.8, 4) is 0 Å². The second kappa shape index (κ2) is 9.85. The number of carbonyl (C=O) groups excluding carboxylic acids is 3. The molecule has 1 aliphatic carbocycles. The molecule has 0 spiro atoms. The van der Waals surface area contributed by atoms with Crippen LogP contribution in [-0.4, -0.2) is 44.7 Å². The van der Waals surface area contributed by atoms with Crippen LogP contribution in [0.3, 0.4) is 0 Å². The lowest BCUT2D eigenvalue weighted by Gasteiger charge is -2.29. The van der Waals surface area contributed by atoms with Gasteiger partial charge in [0.25, 0.3) is 0 Å². The number of allylic oxidation sites excluding steroid dienone is 3. The topological polar surface area (TPSA) is 104 Å². The van der Waals surface area contributed by atoms with Crippen LogP contribution in [0, 0.1) is 11.8 Å². The summed E-state index contributed by atoms with van der Waals surface area (Å²) < 4.78 is 0. The van der Waals surface area contributed by atoms with Crippen molar-refractivity contribution in [1.29, 1.82) is 0 Å². The highest BCUT2D eigenvalue weighted by molar-refractivity contribution is 5.95. The zero-order valence-electron chi connectivity index (χ0n) is 19.6. The van der Waals surface area contributed by atoms with Crippen molar-refractivity contribution in [3.05, 3.63) is 47.2 Å². The number of carbonyl (C=O) groups is 3. The first-order valence-corrected chi connectivity index (χ1v) is 11.9. The number of amides is 3. The zero-order valence-corrected chi connectivity index (χ0v) is 19.6. The number of rotatable bonds is 7. The van der Waals surface area contributed by atoms with Crippen LogP contribution in [0.1, 0.15) is 64.9 Å². The molecule has 1 fully saturated rings. The van der Waals surface area contributed by atoms with Crippen LogP contribution in [0.2, 0.25) is 0 Å². The first kappa shape index (κ1) is 23.1. The van der Waals surface area contributed by atoms with E-state index < -0.39 is 12.1 Å². The van der Waals surface area contributed by atoms with Crippen molar-refractivity contribution in [1.82, 2.24) is 25.5 Å². The van der Waals surface area contributed by atoms with Crippen molar-refractivity contribution in [2.24, 2.45) is 11.8 Å². The maximum absolute atomic E-state index is 13.7. The van der Waals surface area contributed by atoms with Crippen molar-refractivity contribution in [3.63, 3.8) is 0 Å². The predicted molar refractivity (Wildman–Crippen MR) is 123 cm³/mol. The normalized spacial score (nSPS) is 25.2. The fourth-order valence-corrected chi connectivity index (χ4v) is 5.02. The summed E-state index contributed by atoms with van der Waals surface area (Å²) in [6.07, 6.45) is 11.0. The van der Waals surface area contributed by atoms with Crippen LogP contribution in [0.5, 0.6) is 0 Å². The molecule has 176 valence electrons. The van der Waals surface area contributed by atoms with E-state index >= 15 is 0 Å². The van der Waals surface area contributed by atoms with Gasteiger partial charge >= 0.3 is 0 Å². The third-order valence-electron chi connectivity index (χ3n) is 6.88. The highest BCUT2D eigenvalue weighted by Crippen LogP contribution is 2.44. The Hall–Kier alpha value is -3.03. The van der Waals surface area contributed by atoms with Crippen LogP contribution < -0.4 is 10.6 Å². The minimum Gasteiger partial charge on any atom is -0.350 e. The fourth-order valence-electron chi connectivity index (χ4n) is 5.02. The Bertz CT molecular complexity index is 987. The van der Waals surface area contributed by atoms with Crippen molar-refractivity contribution >= 4 is 17.7 Å². The molecule has 0 bridgehead atoms. The summed E-state index contributed by atoms with van der Waals surface area (Å²) in [7, 11) is 0. The van der Waals surface area contributed by atoms with Gasteiger partial charge in [0.15, 0.2) is 0 Å². The van der Waals surface area contributed by atoms with Gasteiger partial charge in [-0.15, -0.1) is 0 Å². The Morgan fingerprint density at radius 2 is 2.00 bits per heavy atom. The molecule has 3 heterocycles. The van der Waals surface area contributed by atoms with Gasteiger partial charge in [-0.25, -0.2) is 9.97 Å². The van der Waals surface area contributed by atoms with E-state index in [-0.39, 0.29) is 23.6 Å². The minimum absolute atomic E-state index is 0.101. The van der Waals surface area contributed by atoms with Crippen molar-refractivity contribution < 1.29 is 14.4 Å². The van der Waals surface area contributed by atoms with Crippen molar-refractivity contribution in [2.45, 2.75) is 77.9 Å². The Morgan fingerprint density at radius 1 is 1.24 bits per heavy atom. The highest BCUT2D eigenvalue weighted by atomic mass is 16.2. The van der Waals surface area contributed by atoms with Crippen LogP contribution in [0.15, 0.2) is 41.6 Å². The molecule has 4 rings (SSSR count). The van der Waals surface area contributed by atoms with E-state index in [1.807, 2.05) is 6.92 Å². The van der Waals surface area contributed by atoms with Crippen LogP contribution in [0.4, 0.5) is 0 Å². The van der Waals surface area contributed by atoms with Crippen LogP contribution >= 0.6 is 0 Å². The maximum atomic E-state index is 13.7. The van der Waals surface area contributed by atoms with Gasteiger partial charge in [0.2, 0.25) is 17.7 Å². The molecular weight excluding hydrogens is 418 g/mol. The summed E-state index contributed by atoms with van der Waals surface area (Å²) >= 11 is 0. The first-order valence-electron chi connectivity index (χ1n) is 11.9. The lowest BCUT2D eigenvalue weighted by molar-refractivity contribution is -0.140. The van der Waals surface area contributed by atoms with Gasteiger partial charge in [-0.05, 0) is 42.2 Å². The number of nitrogens with zero attached hydrogens (tertiary/aromatic N) is 3. The lowest BCUT2D eigenvalue weighted by atomic mass is 9.87. The highest BCUT2D eigenvalue weighted by Gasteiger charge is 2.46. The van der Waals surface area contributed by atoms with Gasteiger partial charge in [-0.3, -0.25) is 19.3 Å². The third-order valence-corrected chi connectivity index (χ3v) is 6.88. The summed E-state index contributed by atoms with van der Waals surface area (Å²) in [6.45, 7) is 6.55. The molecule has 4 atom stereocenters. The van der Waals surface area contributed by atoms with E-state index in [2.05, 4.69) is 40.5 Å². The van der Waals surface area contributed by atoms with Gasteiger partial charge < -0.3 is 10.6 Å². The summed E-state index contributed by atoms with van der Waals surface area (Å²) in [5.41, 5.74) is 4.01. The number of hydrogen-bond donors (Lipinski definition) is 2. The van der Waals surface area contributed by atoms with Gasteiger partial charge in [-0.1, -0.05) is 33.3 Å². The number of aromatic nitrogens is 2. The fraction of sp³-hybridized carbons (Fsp3) is 0.560. The quantitative estimate of drug-likeness (QED) is 0.663. The van der Waals surface area contributed by atoms with E-state index in [1.54, 1.807) is 17.3 Å². The summed E-state index contributed by atoms with van der Waals surface area (Å²) in [6, 6.07) is -1.23. The largest absolute Gasteiger partial charge is 0.350 e. The molecular formula is C25H33N5O3. The zero-order chi connectivity index (χ0) is 23.5. The van der Waals surface area contributed by atoms with Gasteiger partial charge in [0.1, 0.15) is 18.4 Å². The lowest BCUT2D eigenvalue weighted by Crippen LogP contribution is -2.52. The average Bonchev–Trinajstić information content (AvgIpc) is 3.13. The molecule has 3 amide bonds. The molecule has 0 aromatic carbocycles. The molecule has 2 unspecified atom stereocenters. The molecule has 8 heteroatoms. The smallest absolute Gasteiger partial charge is 0.250 e. The Morgan fingerprint density at radius 3 is 2.73 bits per heavy atom. The van der Waals surface area contributed by atoms with E-state index in [4.69, 9.17) is 0 Å². The van der Waals surface area contributed by atoms with E-state index in [9.17, 15) is 14.4 Å². The molecule has 1 aromatic rings. The van der Waals surface area contributed by atoms with Gasteiger partial charge in [0, 0.05) is 43.0 Å². The molecule has 2 aliphatic heterocycles. The molecule has 1 saturated heterocycles. The van der Waals surface area contributed by atoms with Gasteiger partial charge in [0.05, 0.1) is 0 Å². The molecule has 0 radical (unpaired) electrons. The van der Waals surface area contributed by atoms with E-state index in [0.29, 0.717) is 31.7 Å². The van der Waals surface area contributed by atoms with E-state index in [1.165, 1.54) is 11.9 Å². The standard InChI is InChI=1S/C25H33N5O3/c1-4-15(2)9-22(31)29-20-6-5-18-7-16(3)8-19-10-21(30(23(18)19)25(20)33)24(32)28-13-17-11-26-14-27-12-17/h8,11-12,14-16,20-21H,4-7,9-10,13H2,1-3H3,(H,28,32)(H,29,31)/t15-,16?,20-,21?/m0/s1. The molecule has 1 aromatic heterocycles. The molecule has 2 N–H and O–H groups in total. The Labute approximate surface area is 194 Å². The maximum Gasteiger partial charge on any atom is 0.250 e. The van der Waals surface area contributed by atoms with Crippen LogP contribution in [0.25, 0.3) is 0 Å². The second-order valence-corrected chi connectivity index (χ2v) is 9.59. The van der Waals surface area contributed by atoms with Gasteiger partial charge in [-0.2, -0.15) is 0 Å². The second-order valence-electron chi connectivity index (χ2n) is 9.59. The summed E-state index contributed by atoms with van der Waals surface area (Å²) in [4.78, 5) is 49.1. The Balaban J connectivity index is 1.55. The van der Waals surface area contributed by atoms with Crippen molar-refractivity contribution in [2.75, 3.05) is 0 Å². The predicted octanol–water partition coefficient (Wildman–Crippen LogP) is 2.63. The minimum atomic E-state index is -0.615. The monoisotopic (exact) mass is 451 g/mol. The molecule has 8 nitrogen and oxygen atoms in total. The Kier molecular flexibility index (Phi) is 6.91. The SMILES string of the molecule is CC[C@H](C)CC(=O)N[C@H]1CCC2=C3C(=CC(C)C2)CC(C(=O)NCc2cncnc2)N3C1=O. The summed E-state index contributed by atoms with van der Waals surface area (Å²) in [5, 5.41) is 5.92. The van der Waals surface area contributed by atoms with Crippen LogP contribution in [-0.2, 0) is 20.9 Å². The summed E-state index contributed by atoms with van der Waals surface area (Å²) in [5.74, 6) is 0.151.